The van der Waals surface area contributed by atoms with E-state index < -0.39 is 0 Å². The summed E-state index contributed by atoms with van der Waals surface area (Å²) in [6.07, 6.45) is 1.89. The van der Waals surface area contributed by atoms with Crippen LogP contribution in [0.1, 0.15) is 22.3 Å². The molecule has 0 saturated carbocycles. The van der Waals surface area contributed by atoms with Gasteiger partial charge in [-0.25, -0.2) is 4.99 Å². The third-order valence-electron chi connectivity index (χ3n) is 5.97. The SMILES string of the molecule is Cc1ccc(N=C2S/C(=C\c3cc(Br)c(OCc4ccc(Br)cc4)c(Br)c3)C(=O)N2c2ccc(C)cc2)cc1. The molecule has 5 rings (SSSR count). The number of halogens is 3. The van der Waals surface area contributed by atoms with Crippen molar-refractivity contribution in [1.29, 1.82) is 0 Å². The standard InChI is InChI=1S/C31H23Br3N2O2S/c1-19-3-11-24(12-4-19)35-31-36(25-13-5-20(2)6-14-25)30(37)28(39-31)17-22-15-26(33)29(27(34)16-22)38-18-21-7-9-23(32)10-8-21/h3-17H,18H2,1-2H3/b28-17-,35-31?. The molecule has 0 aromatic heterocycles. The minimum atomic E-state index is -0.113. The highest BCUT2D eigenvalue weighted by atomic mass is 79.9. The van der Waals surface area contributed by atoms with Crippen LogP contribution < -0.4 is 9.64 Å². The second-order valence-corrected chi connectivity index (χ2v) is 12.7. The molecule has 0 unspecified atom stereocenters. The number of hydrogen-bond donors (Lipinski definition) is 0. The van der Waals surface area contributed by atoms with Gasteiger partial charge in [0.2, 0.25) is 0 Å². The molecule has 196 valence electrons. The largest absolute Gasteiger partial charge is 0.487 e. The van der Waals surface area contributed by atoms with Crippen molar-refractivity contribution in [2.75, 3.05) is 4.90 Å². The fourth-order valence-corrected chi connectivity index (χ4v) is 6.60. The lowest BCUT2D eigenvalue weighted by molar-refractivity contribution is -0.113. The van der Waals surface area contributed by atoms with Gasteiger partial charge in [-0.2, -0.15) is 0 Å². The van der Waals surface area contributed by atoms with Gasteiger partial charge in [0.25, 0.3) is 5.91 Å². The van der Waals surface area contributed by atoms with Crippen molar-refractivity contribution in [2.45, 2.75) is 20.5 Å². The third kappa shape index (κ3) is 6.74. The molecule has 1 aliphatic heterocycles. The second-order valence-electron chi connectivity index (χ2n) is 9.05. The monoisotopic (exact) mass is 724 g/mol. The van der Waals surface area contributed by atoms with E-state index >= 15 is 0 Å². The van der Waals surface area contributed by atoms with Crippen molar-refractivity contribution < 1.29 is 9.53 Å². The maximum Gasteiger partial charge on any atom is 0.271 e. The summed E-state index contributed by atoms with van der Waals surface area (Å²) in [5.74, 6) is 0.589. The van der Waals surface area contributed by atoms with E-state index in [1.807, 2.05) is 105 Å². The number of aliphatic imine (C=N–C) groups is 1. The van der Waals surface area contributed by atoms with Crippen LogP contribution in [0.25, 0.3) is 6.08 Å². The van der Waals surface area contributed by atoms with E-state index in [0.717, 1.165) is 47.0 Å². The van der Waals surface area contributed by atoms with Gasteiger partial charge >= 0.3 is 0 Å². The molecule has 0 atom stereocenters. The number of amides is 1. The Morgan fingerprint density at radius 3 is 2.05 bits per heavy atom. The summed E-state index contributed by atoms with van der Waals surface area (Å²) in [6.45, 7) is 4.50. The molecule has 0 spiro atoms. The van der Waals surface area contributed by atoms with Crippen molar-refractivity contribution in [1.82, 2.24) is 0 Å². The molecule has 1 saturated heterocycles. The molecule has 0 aliphatic carbocycles. The Labute approximate surface area is 257 Å². The average molecular weight is 727 g/mol. The van der Waals surface area contributed by atoms with Crippen LogP contribution in [0.4, 0.5) is 11.4 Å². The summed E-state index contributed by atoms with van der Waals surface area (Å²) >= 11 is 12.1. The zero-order chi connectivity index (χ0) is 27.5. The molecule has 4 nitrogen and oxygen atoms in total. The van der Waals surface area contributed by atoms with Gasteiger partial charge in [-0.3, -0.25) is 9.69 Å². The van der Waals surface area contributed by atoms with Crippen LogP contribution in [0.2, 0.25) is 0 Å². The first-order valence-electron chi connectivity index (χ1n) is 12.1. The van der Waals surface area contributed by atoms with Crippen LogP contribution >= 0.6 is 59.6 Å². The number of benzene rings is 4. The van der Waals surface area contributed by atoms with E-state index in [1.54, 1.807) is 4.90 Å². The number of thioether (sulfide) groups is 1. The molecular formula is C31H23Br3N2O2S. The molecule has 1 aliphatic rings. The van der Waals surface area contributed by atoms with Crippen molar-refractivity contribution in [3.8, 4) is 5.75 Å². The van der Waals surface area contributed by atoms with Crippen molar-refractivity contribution >= 4 is 88.1 Å². The topological polar surface area (TPSA) is 41.9 Å². The molecule has 39 heavy (non-hydrogen) atoms. The van der Waals surface area contributed by atoms with Gasteiger partial charge < -0.3 is 4.74 Å². The zero-order valence-electron chi connectivity index (χ0n) is 21.1. The van der Waals surface area contributed by atoms with E-state index in [1.165, 1.54) is 11.8 Å². The van der Waals surface area contributed by atoms with Crippen LogP contribution in [0, 0.1) is 13.8 Å². The Kier molecular flexibility index (Phi) is 8.76. The maximum absolute atomic E-state index is 13.7. The van der Waals surface area contributed by atoms with Crippen LogP contribution in [-0.2, 0) is 11.4 Å². The first kappa shape index (κ1) is 27.9. The highest BCUT2D eigenvalue weighted by Gasteiger charge is 2.34. The number of carbonyl (C=O) groups excluding carboxylic acids is 1. The number of hydrogen-bond acceptors (Lipinski definition) is 4. The van der Waals surface area contributed by atoms with Gasteiger partial charge in [0, 0.05) is 4.47 Å². The zero-order valence-corrected chi connectivity index (χ0v) is 26.7. The summed E-state index contributed by atoms with van der Waals surface area (Å²) in [6, 6.07) is 27.8. The molecule has 0 radical (unpaired) electrons. The lowest BCUT2D eigenvalue weighted by Crippen LogP contribution is -2.28. The van der Waals surface area contributed by atoms with Crippen LogP contribution in [0.15, 0.2) is 108 Å². The lowest BCUT2D eigenvalue weighted by Gasteiger charge is -2.16. The van der Waals surface area contributed by atoms with Gasteiger partial charge in [0.05, 0.1) is 25.2 Å². The van der Waals surface area contributed by atoms with Crippen molar-refractivity contribution in [2.24, 2.45) is 4.99 Å². The van der Waals surface area contributed by atoms with E-state index in [-0.39, 0.29) is 5.91 Å². The molecule has 4 aromatic rings. The number of rotatable bonds is 6. The van der Waals surface area contributed by atoms with Gasteiger partial charge in [0.15, 0.2) is 5.17 Å². The molecule has 1 heterocycles. The lowest BCUT2D eigenvalue weighted by atomic mass is 10.2. The summed E-state index contributed by atoms with van der Waals surface area (Å²) in [7, 11) is 0. The van der Waals surface area contributed by atoms with Crippen molar-refractivity contribution in [3.05, 3.63) is 126 Å². The molecule has 1 fully saturated rings. The molecule has 0 bridgehead atoms. The Balaban J connectivity index is 1.44. The average Bonchev–Trinajstić information content (AvgIpc) is 3.20. The minimum absolute atomic E-state index is 0.113. The second kappa shape index (κ2) is 12.3. The fraction of sp³-hybridized carbons (Fsp3) is 0.0968. The predicted octanol–water partition coefficient (Wildman–Crippen LogP) is 9.98. The van der Waals surface area contributed by atoms with E-state index in [4.69, 9.17) is 9.73 Å². The number of carbonyl (C=O) groups is 1. The van der Waals surface area contributed by atoms with E-state index in [0.29, 0.717) is 22.4 Å². The normalized spacial score (nSPS) is 15.4. The number of ether oxygens (including phenoxy) is 1. The summed E-state index contributed by atoms with van der Waals surface area (Å²) in [4.78, 5) is 20.8. The van der Waals surface area contributed by atoms with Crippen LogP contribution in [0.3, 0.4) is 0 Å². The van der Waals surface area contributed by atoms with Gasteiger partial charge in [0.1, 0.15) is 12.4 Å². The Morgan fingerprint density at radius 1 is 0.846 bits per heavy atom. The maximum atomic E-state index is 13.7. The van der Waals surface area contributed by atoms with E-state index in [9.17, 15) is 4.79 Å². The highest BCUT2D eigenvalue weighted by molar-refractivity contribution is 9.11. The number of amidine groups is 1. The van der Waals surface area contributed by atoms with Gasteiger partial charge in [-0.15, -0.1) is 0 Å². The molecule has 0 N–H and O–H groups in total. The van der Waals surface area contributed by atoms with Crippen LogP contribution in [0.5, 0.6) is 5.75 Å². The van der Waals surface area contributed by atoms with Gasteiger partial charge in [-0.1, -0.05) is 63.5 Å². The smallest absolute Gasteiger partial charge is 0.271 e. The predicted molar refractivity (Wildman–Crippen MR) is 173 cm³/mol. The quantitative estimate of drug-likeness (QED) is 0.186. The van der Waals surface area contributed by atoms with Crippen LogP contribution in [-0.4, -0.2) is 11.1 Å². The molecule has 4 aromatic carbocycles. The third-order valence-corrected chi connectivity index (χ3v) is 8.65. The van der Waals surface area contributed by atoms with Crippen molar-refractivity contribution in [3.63, 3.8) is 0 Å². The molecular weight excluding hydrogens is 704 g/mol. The number of aryl methyl sites for hydroxylation is 2. The first-order chi connectivity index (χ1) is 18.8. The fourth-order valence-electron chi connectivity index (χ4n) is 3.89. The molecule has 8 heteroatoms. The Morgan fingerprint density at radius 2 is 1.44 bits per heavy atom. The Hall–Kier alpha value is -2.65. The number of nitrogens with zero attached hydrogens (tertiary/aromatic N) is 2. The Bertz CT molecular complexity index is 1560. The summed E-state index contributed by atoms with van der Waals surface area (Å²) < 4.78 is 8.70. The summed E-state index contributed by atoms with van der Waals surface area (Å²) in [5, 5.41) is 0.617. The first-order valence-corrected chi connectivity index (χ1v) is 15.3. The highest BCUT2D eigenvalue weighted by Crippen LogP contribution is 2.40. The number of anilines is 1. The van der Waals surface area contributed by atoms with E-state index in [2.05, 4.69) is 47.8 Å². The molecule has 1 amide bonds. The minimum Gasteiger partial charge on any atom is -0.487 e. The van der Waals surface area contributed by atoms with Gasteiger partial charge in [-0.05, 0) is 123 Å². The summed E-state index contributed by atoms with van der Waals surface area (Å²) in [5.41, 5.74) is 5.79.